The number of benzene rings is 1. The van der Waals surface area contributed by atoms with Crippen molar-refractivity contribution in [1.82, 2.24) is 0 Å². The fraction of sp³-hybridized carbons (Fsp3) is 0.538. The van der Waals surface area contributed by atoms with Gasteiger partial charge in [0, 0.05) is 17.4 Å². The van der Waals surface area contributed by atoms with Gasteiger partial charge in [0.1, 0.15) is 5.75 Å². The third-order valence-electron chi connectivity index (χ3n) is 2.89. The molecule has 2 atom stereocenters. The molecule has 1 aliphatic heterocycles. The zero-order valence-corrected chi connectivity index (χ0v) is 11.1. The zero-order valence-electron chi connectivity index (χ0n) is 9.49. The Hall–Kier alpha value is -0.540. The van der Waals surface area contributed by atoms with Gasteiger partial charge < -0.3 is 9.47 Å². The summed E-state index contributed by atoms with van der Waals surface area (Å²) in [6.07, 6.45) is 1.14. The van der Waals surface area contributed by atoms with Gasteiger partial charge in [0.2, 0.25) is 0 Å². The van der Waals surface area contributed by atoms with E-state index in [1.807, 2.05) is 19.1 Å². The van der Waals surface area contributed by atoms with Crippen molar-refractivity contribution < 1.29 is 9.47 Å². The van der Waals surface area contributed by atoms with E-state index in [0.717, 1.165) is 25.4 Å². The van der Waals surface area contributed by atoms with Crippen LogP contribution in [0.5, 0.6) is 5.75 Å². The summed E-state index contributed by atoms with van der Waals surface area (Å²) < 4.78 is 10.8. The molecule has 0 aromatic heterocycles. The molecule has 2 rings (SSSR count). The molecule has 1 aliphatic rings. The molecule has 2 unspecified atom stereocenters. The third-order valence-corrected chi connectivity index (χ3v) is 4.16. The summed E-state index contributed by atoms with van der Waals surface area (Å²) in [5, 5.41) is 0. The summed E-state index contributed by atoms with van der Waals surface area (Å²) in [5.41, 5.74) is 1.30. The first-order valence-corrected chi connectivity index (χ1v) is 6.67. The normalized spacial score (nSPS) is 22.0. The lowest BCUT2D eigenvalue weighted by molar-refractivity contribution is 0.185. The molecule has 1 fully saturated rings. The first-order chi connectivity index (χ1) is 7.81. The average Bonchev–Trinajstić information content (AvgIpc) is 2.83. The first-order valence-electron chi connectivity index (χ1n) is 5.76. The van der Waals surface area contributed by atoms with Crippen molar-refractivity contribution in [2.24, 2.45) is 5.92 Å². The lowest BCUT2D eigenvalue weighted by Crippen LogP contribution is -2.07. The molecule has 1 saturated heterocycles. The van der Waals surface area contributed by atoms with E-state index in [4.69, 9.17) is 9.47 Å². The van der Waals surface area contributed by atoms with Crippen LogP contribution in [-0.2, 0) is 4.74 Å². The molecule has 1 aromatic carbocycles. The van der Waals surface area contributed by atoms with Crippen LogP contribution in [0.4, 0.5) is 0 Å². The second-order valence-corrected chi connectivity index (χ2v) is 5.01. The molecule has 2 nitrogen and oxygen atoms in total. The highest BCUT2D eigenvalue weighted by Gasteiger charge is 2.24. The van der Waals surface area contributed by atoms with Crippen molar-refractivity contribution >= 4 is 15.9 Å². The highest BCUT2D eigenvalue weighted by molar-refractivity contribution is 9.09. The van der Waals surface area contributed by atoms with Crippen LogP contribution in [0.15, 0.2) is 24.3 Å². The topological polar surface area (TPSA) is 18.5 Å². The Bertz CT molecular complexity index is 317. The van der Waals surface area contributed by atoms with E-state index in [2.05, 4.69) is 28.1 Å². The highest BCUT2D eigenvalue weighted by atomic mass is 79.9. The van der Waals surface area contributed by atoms with Crippen LogP contribution in [0.1, 0.15) is 23.7 Å². The van der Waals surface area contributed by atoms with Gasteiger partial charge in [-0.05, 0) is 31.0 Å². The summed E-state index contributed by atoms with van der Waals surface area (Å²) in [6.45, 7) is 4.47. The van der Waals surface area contributed by atoms with Crippen molar-refractivity contribution in [2.45, 2.75) is 18.2 Å². The van der Waals surface area contributed by atoms with Gasteiger partial charge in [-0.15, -0.1) is 0 Å². The molecule has 0 spiro atoms. The molecule has 3 heteroatoms. The standard InChI is InChI=1S/C13H17BrO2/c1-2-16-12-5-3-10(4-6-12)13(14)11-7-8-15-9-11/h3-6,11,13H,2,7-9H2,1H3. The Morgan fingerprint density at radius 3 is 2.75 bits per heavy atom. The van der Waals surface area contributed by atoms with E-state index in [-0.39, 0.29) is 0 Å². The molecular weight excluding hydrogens is 268 g/mol. The SMILES string of the molecule is CCOc1ccc(C(Br)C2CCOC2)cc1. The molecule has 1 aromatic rings. The lowest BCUT2D eigenvalue weighted by Gasteiger charge is -2.16. The van der Waals surface area contributed by atoms with Crippen molar-refractivity contribution in [2.75, 3.05) is 19.8 Å². The molecule has 16 heavy (non-hydrogen) atoms. The average molecular weight is 285 g/mol. The van der Waals surface area contributed by atoms with Crippen LogP contribution < -0.4 is 4.74 Å². The Morgan fingerprint density at radius 2 is 2.19 bits per heavy atom. The summed E-state index contributed by atoms with van der Waals surface area (Å²) >= 11 is 3.76. The maximum Gasteiger partial charge on any atom is 0.119 e. The van der Waals surface area contributed by atoms with Crippen molar-refractivity contribution in [1.29, 1.82) is 0 Å². The number of halogens is 1. The van der Waals surface area contributed by atoms with Gasteiger partial charge in [-0.3, -0.25) is 0 Å². The van der Waals surface area contributed by atoms with Gasteiger partial charge in [-0.1, -0.05) is 28.1 Å². The van der Waals surface area contributed by atoms with Gasteiger partial charge in [-0.2, -0.15) is 0 Å². The van der Waals surface area contributed by atoms with Crippen LogP contribution in [-0.4, -0.2) is 19.8 Å². The predicted molar refractivity (Wildman–Crippen MR) is 68.2 cm³/mol. The fourth-order valence-corrected chi connectivity index (χ4v) is 2.69. The van der Waals surface area contributed by atoms with E-state index in [1.54, 1.807) is 0 Å². The van der Waals surface area contributed by atoms with Crippen LogP contribution in [0.25, 0.3) is 0 Å². The van der Waals surface area contributed by atoms with Crippen LogP contribution in [0, 0.1) is 5.92 Å². The number of hydrogen-bond donors (Lipinski definition) is 0. The summed E-state index contributed by atoms with van der Waals surface area (Å²) in [4.78, 5) is 0.394. The van der Waals surface area contributed by atoms with Gasteiger partial charge in [-0.25, -0.2) is 0 Å². The van der Waals surface area contributed by atoms with Gasteiger partial charge in [0.15, 0.2) is 0 Å². The number of alkyl halides is 1. The molecule has 0 amide bonds. The molecule has 0 saturated carbocycles. The Balaban J connectivity index is 2.02. The van der Waals surface area contributed by atoms with Crippen LogP contribution in [0.3, 0.4) is 0 Å². The molecular formula is C13H17BrO2. The van der Waals surface area contributed by atoms with Crippen molar-refractivity contribution in [3.63, 3.8) is 0 Å². The second-order valence-electron chi connectivity index (χ2n) is 4.03. The number of rotatable bonds is 4. The predicted octanol–water partition coefficient (Wildman–Crippen LogP) is 3.56. The number of hydrogen-bond acceptors (Lipinski definition) is 2. The lowest BCUT2D eigenvalue weighted by atomic mass is 9.98. The molecule has 0 radical (unpaired) electrons. The van der Waals surface area contributed by atoms with Crippen molar-refractivity contribution in [3.8, 4) is 5.75 Å². The maximum absolute atomic E-state index is 5.43. The van der Waals surface area contributed by atoms with E-state index < -0.39 is 0 Å². The van der Waals surface area contributed by atoms with E-state index >= 15 is 0 Å². The Morgan fingerprint density at radius 1 is 1.44 bits per heavy atom. The Labute approximate surface area is 105 Å². The summed E-state index contributed by atoms with van der Waals surface area (Å²) in [7, 11) is 0. The van der Waals surface area contributed by atoms with Crippen LogP contribution >= 0.6 is 15.9 Å². The van der Waals surface area contributed by atoms with Gasteiger partial charge in [0.25, 0.3) is 0 Å². The molecule has 0 bridgehead atoms. The largest absolute Gasteiger partial charge is 0.494 e. The minimum absolute atomic E-state index is 0.394. The van der Waals surface area contributed by atoms with Gasteiger partial charge >= 0.3 is 0 Å². The number of ether oxygens (including phenoxy) is 2. The summed E-state index contributed by atoms with van der Waals surface area (Å²) in [6, 6.07) is 8.32. The molecule has 0 N–H and O–H groups in total. The highest BCUT2D eigenvalue weighted by Crippen LogP contribution is 2.36. The van der Waals surface area contributed by atoms with Gasteiger partial charge in [0.05, 0.1) is 13.2 Å². The third kappa shape index (κ3) is 2.77. The van der Waals surface area contributed by atoms with E-state index in [1.165, 1.54) is 5.56 Å². The molecule has 0 aliphatic carbocycles. The fourth-order valence-electron chi connectivity index (χ4n) is 1.97. The smallest absolute Gasteiger partial charge is 0.119 e. The molecule has 1 heterocycles. The molecule has 88 valence electrons. The second kappa shape index (κ2) is 5.69. The minimum atomic E-state index is 0.394. The van der Waals surface area contributed by atoms with E-state index in [9.17, 15) is 0 Å². The maximum atomic E-state index is 5.43. The Kier molecular flexibility index (Phi) is 4.24. The van der Waals surface area contributed by atoms with Crippen molar-refractivity contribution in [3.05, 3.63) is 29.8 Å². The quantitative estimate of drug-likeness (QED) is 0.787. The minimum Gasteiger partial charge on any atom is -0.494 e. The monoisotopic (exact) mass is 284 g/mol. The van der Waals surface area contributed by atoms with E-state index in [0.29, 0.717) is 17.4 Å². The zero-order chi connectivity index (χ0) is 11.4. The van der Waals surface area contributed by atoms with Crippen LogP contribution in [0.2, 0.25) is 0 Å². The first kappa shape index (κ1) is 11.9. The summed E-state index contributed by atoms with van der Waals surface area (Å²) in [5.74, 6) is 1.53.